The molecule has 2 aromatic heterocycles. The van der Waals surface area contributed by atoms with Crippen LogP contribution in [0.3, 0.4) is 0 Å². The van der Waals surface area contributed by atoms with Crippen molar-refractivity contribution in [3.05, 3.63) is 80.4 Å². The highest BCUT2D eigenvalue weighted by atomic mass is 16.2. The lowest BCUT2D eigenvalue weighted by Gasteiger charge is -2.14. The average molecular weight is 339 g/mol. The van der Waals surface area contributed by atoms with E-state index in [1.54, 1.807) is 17.8 Å². The number of rotatable bonds is 4. The number of nitrogens with one attached hydrogen (secondary N) is 3. The first-order valence-corrected chi connectivity index (χ1v) is 7.70. The lowest BCUT2D eigenvalue weighted by atomic mass is 10.1. The van der Waals surface area contributed by atoms with Crippen molar-refractivity contribution in [1.82, 2.24) is 25.1 Å². The van der Waals surface area contributed by atoms with E-state index in [0.29, 0.717) is 0 Å². The molecule has 0 aliphatic rings. The Kier molecular flexibility index (Phi) is 4.34. The van der Waals surface area contributed by atoms with Crippen molar-refractivity contribution >= 4 is 5.91 Å². The maximum atomic E-state index is 12.3. The van der Waals surface area contributed by atoms with Gasteiger partial charge in [-0.15, -0.1) is 0 Å². The molecule has 0 spiro atoms. The molecule has 0 unspecified atom stereocenters. The summed E-state index contributed by atoms with van der Waals surface area (Å²) in [7, 11) is 0. The number of H-pyrrole nitrogens is 2. The Morgan fingerprint density at radius 1 is 1.24 bits per heavy atom. The first kappa shape index (κ1) is 16.4. The van der Waals surface area contributed by atoms with Crippen molar-refractivity contribution in [3.63, 3.8) is 0 Å². The zero-order chi connectivity index (χ0) is 18.0. The number of hydrogen-bond donors (Lipinski definition) is 3. The van der Waals surface area contributed by atoms with Gasteiger partial charge >= 0.3 is 5.69 Å². The quantitative estimate of drug-likeness (QED) is 0.659. The topological polar surface area (TPSA) is 113 Å². The highest BCUT2D eigenvalue weighted by Crippen LogP contribution is 2.20. The van der Waals surface area contributed by atoms with Crippen LogP contribution in [0, 0.1) is 6.92 Å². The summed E-state index contributed by atoms with van der Waals surface area (Å²) in [6, 6.07) is 9.28. The summed E-state index contributed by atoms with van der Waals surface area (Å²) in [4.78, 5) is 39.3. The van der Waals surface area contributed by atoms with E-state index in [9.17, 15) is 14.4 Å². The third-order valence-electron chi connectivity index (χ3n) is 3.93. The summed E-state index contributed by atoms with van der Waals surface area (Å²) >= 11 is 0. The minimum Gasteiger partial charge on any atom is -0.345 e. The van der Waals surface area contributed by atoms with Crippen LogP contribution in [0.25, 0.3) is 5.69 Å². The standard InChI is InChI=1S/C17H17N5O3/c1-10(20-15(23)14-8-18-17(25)21-16(14)24)13-9-19-22(11(13)2)12-6-4-3-5-7-12/h3-10H,1-2H3,(H,20,23)(H2,18,21,24,25)/t10-/m0/s1. The molecule has 3 rings (SSSR count). The monoisotopic (exact) mass is 339 g/mol. The molecule has 3 aromatic rings. The zero-order valence-corrected chi connectivity index (χ0v) is 13.7. The molecule has 1 atom stereocenters. The Bertz CT molecular complexity index is 1020. The van der Waals surface area contributed by atoms with Crippen LogP contribution >= 0.6 is 0 Å². The van der Waals surface area contributed by atoms with Gasteiger partial charge < -0.3 is 10.3 Å². The summed E-state index contributed by atoms with van der Waals surface area (Å²) in [6.07, 6.45) is 2.79. The molecule has 0 aliphatic heterocycles. The fourth-order valence-corrected chi connectivity index (χ4v) is 2.61. The third kappa shape index (κ3) is 3.27. The molecule has 3 N–H and O–H groups in total. The number of para-hydroxylation sites is 1. The van der Waals surface area contributed by atoms with Gasteiger partial charge in [-0.25, -0.2) is 9.48 Å². The SMILES string of the molecule is Cc1c([C@H](C)NC(=O)c2c[nH]c(=O)[nH]c2=O)cnn1-c1ccccc1. The lowest BCUT2D eigenvalue weighted by Crippen LogP contribution is -2.34. The molecular formula is C17H17N5O3. The Labute approximate surface area is 142 Å². The number of hydrogen-bond acceptors (Lipinski definition) is 4. The predicted molar refractivity (Wildman–Crippen MR) is 91.9 cm³/mol. The molecule has 25 heavy (non-hydrogen) atoms. The predicted octanol–water partition coefficient (Wildman–Crippen LogP) is 1.05. The highest BCUT2D eigenvalue weighted by Gasteiger charge is 2.18. The first-order chi connectivity index (χ1) is 12.0. The number of aromatic nitrogens is 4. The first-order valence-electron chi connectivity index (χ1n) is 7.70. The van der Waals surface area contributed by atoms with Crippen LogP contribution in [0.5, 0.6) is 0 Å². The van der Waals surface area contributed by atoms with Gasteiger partial charge in [0, 0.05) is 17.5 Å². The van der Waals surface area contributed by atoms with Crippen LogP contribution in [0.1, 0.15) is 34.6 Å². The number of amides is 1. The molecule has 8 nitrogen and oxygen atoms in total. The van der Waals surface area contributed by atoms with Crippen LogP contribution in [0.15, 0.2) is 52.3 Å². The summed E-state index contributed by atoms with van der Waals surface area (Å²) in [5, 5.41) is 7.11. The van der Waals surface area contributed by atoms with Gasteiger partial charge in [-0.3, -0.25) is 14.6 Å². The van der Waals surface area contributed by atoms with E-state index in [4.69, 9.17) is 0 Å². The second kappa shape index (κ2) is 6.60. The van der Waals surface area contributed by atoms with Gasteiger partial charge in [-0.1, -0.05) is 18.2 Å². The number of carbonyl (C=O) groups is 1. The molecule has 0 radical (unpaired) electrons. The van der Waals surface area contributed by atoms with Gasteiger partial charge in [0.05, 0.1) is 17.9 Å². The minimum atomic E-state index is -0.731. The summed E-state index contributed by atoms with van der Waals surface area (Å²) in [6.45, 7) is 3.71. The molecule has 2 heterocycles. The highest BCUT2D eigenvalue weighted by molar-refractivity contribution is 5.93. The van der Waals surface area contributed by atoms with Crippen molar-refractivity contribution in [1.29, 1.82) is 0 Å². The van der Waals surface area contributed by atoms with Crippen molar-refractivity contribution in [2.24, 2.45) is 0 Å². The summed E-state index contributed by atoms with van der Waals surface area (Å²) in [5.74, 6) is -0.572. The Hall–Kier alpha value is -3.42. The molecule has 0 aliphatic carbocycles. The summed E-state index contributed by atoms with van der Waals surface area (Å²) in [5.41, 5.74) is 1.09. The van der Waals surface area contributed by atoms with Gasteiger partial charge in [-0.05, 0) is 26.0 Å². The van der Waals surface area contributed by atoms with Gasteiger partial charge in [0.1, 0.15) is 5.56 Å². The molecule has 0 saturated heterocycles. The van der Waals surface area contributed by atoms with Gasteiger partial charge in [0.15, 0.2) is 0 Å². The second-order valence-electron chi connectivity index (χ2n) is 5.61. The van der Waals surface area contributed by atoms with E-state index in [1.165, 1.54) is 0 Å². The van der Waals surface area contributed by atoms with Crippen molar-refractivity contribution in [2.45, 2.75) is 19.9 Å². The Balaban J connectivity index is 1.83. The Morgan fingerprint density at radius 2 is 1.96 bits per heavy atom. The molecule has 8 heteroatoms. The van der Waals surface area contributed by atoms with Crippen LogP contribution < -0.4 is 16.6 Å². The number of benzene rings is 1. The molecule has 1 aromatic carbocycles. The van der Waals surface area contributed by atoms with Crippen molar-refractivity contribution in [2.75, 3.05) is 0 Å². The number of carbonyl (C=O) groups excluding carboxylic acids is 1. The molecule has 1 amide bonds. The molecular weight excluding hydrogens is 322 g/mol. The smallest absolute Gasteiger partial charge is 0.325 e. The van der Waals surface area contributed by atoms with E-state index < -0.39 is 17.2 Å². The second-order valence-corrected chi connectivity index (χ2v) is 5.61. The maximum Gasteiger partial charge on any atom is 0.325 e. The van der Waals surface area contributed by atoms with Crippen molar-refractivity contribution in [3.8, 4) is 5.69 Å². The van der Waals surface area contributed by atoms with Crippen molar-refractivity contribution < 1.29 is 4.79 Å². The normalized spacial score (nSPS) is 11.9. The molecule has 0 bridgehead atoms. The molecule has 0 fully saturated rings. The van der Waals surface area contributed by atoms with E-state index >= 15 is 0 Å². The summed E-state index contributed by atoms with van der Waals surface area (Å²) < 4.78 is 1.78. The van der Waals surface area contributed by atoms with E-state index in [2.05, 4.69) is 15.4 Å². The Morgan fingerprint density at radius 3 is 2.64 bits per heavy atom. The number of nitrogens with zero attached hydrogens (tertiary/aromatic N) is 2. The zero-order valence-electron chi connectivity index (χ0n) is 13.7. The van der Waals surface area contributed by atoms with E-state index in [0.717, 1.165) is 23.1 Å². The maximum absolute atomic E-state index is 12.3. The average Bonchev–Trinajstić information content (AvgIpc) is 2.97. The largest absolute Gasteiger partial charge is 0.345 e. The molecule has 0 saturated carbocycles. The van der Waals surface area contributed by atoms with E-state index in [1.807, 2.05) is 42.2 Å². The van der Waals surface area contributed by atoms with Gasteiger partial charge in [-0.2, -0.15) is 5.10 Å². The van der Waals surface area contributed by atoms with Gasteiger partial charge in [0.25, 0.3) is 11.5 Å². The van der Waals surface area contributed by atoms with Crippen LogP contribution in [0.2, 0.25) is 0 Å². The fourth-order valence-electron chi connectivity index (χ4n) is 2.61. The molecule has 128 valence electrons. The van der Waals surface area contributed by atoms with Gasteiger partial charge in [0.2, 0.25) is 0 Å². The fraction of sp³-hybridized carbons (Fsp3) is 0.176. The minimum absolute atomic E-state index is 0.153. The van der Waals surface area contributed by atoms with Crippen LogP contribution in [0.4, 0.5) is 0 Å². The van der Waals surface area contributed by atoms with Crippen LogP contribution in [-0.2, 0) is 0 Å². The third-order valence-corrected chi connectivity index (χ3v) is 3.93. The number of aromatic amines is 2. The lowest BCUT2D eigenvalue weighted by molar-refractivity contribution is 0.0938. The van der Waals surface area contributed by atoms with E-state index in [-0.39, 0.29) is 11.6 Å². The van der Waals surface area contributed by atoms with Crippen LogP contribution in [-0.4, -0.2) is 25.7 Å².